The zero-order valence-electron chi connectivity index (χ0n) is 20.0. The third kappa shape index (κ3) is 4.36. The maximum atomic E-state index is 13.7. The number of rotatable bonds is 8. The van der Waals surface area contributed by atoms with Crippen LogP contribution in [0.1, 0.15) is 17.0 Å². The van der Waals surface area contributed by atoms with Crippen LogP contribution in [0, 0.1) is 5.41 Å². The van der Waals surface area contributed by atoms with Gasteiger partial charge in [-0.1, -0.05) is 48.5 Å². The third-order valence-electron chi connectivity index (χ3n) is 6.33. The van der Waals surface area contributed by atoms with Crippen molar-refractivity contribution >= 4 is 27.9 Å². The van der Waals surface area contributed by atoms with Crippen molar-refractivity contribution in [1.29, 1.82) is 5.41 Å². The summed E-state index contributed by atoms with van der Waals surface area (Å²) in [6.45, 7) is 2.48. The first-order valence-corrected chi connectivity index (χ1v) is 11.6. The summed E-state index contributed by atoms with van der Waals surface area (Å²) in [6, 6.07) is 23.4. The molecule has 8 nitrogen and oxygen atoms in total. The summed E-state index contributed by atoms with van der Waals surface area (Å²) in [4.78, 5) is 20.7. The second-order valence-corrected chi connectivity index (χ2v) is 9.03. The SMILES string of the molecule is CN(C)CCn1c(Cn2c(=O)n(Cc3ccc(C(=N)N)cc3)c3ccccc32)nc2ccccc21. The van der Waals surface area contributed by atoms with Crippen LogP contribution >= 0.6 is 0 Å². The van der Waals surface area contributed by atoms with E-state index in [0.29, 0.717) is 18.7 Å². The fourth-order valence-corrected chi connectivity index (χ4v) is 4.49. The largest absolute Gasteiger partial charge is 0.384 e. The summed E-state index contributed by atoms with van der Waals surface area (Å²) in [7, 11) is 4.11. The lowest BCUT2D eigenvalue weighted by atomic mass is 10.1. The lowest BCUT2D eigenvalue weighted by molar-refractivity contribution is 0.382. The number of fused-ring (bicyclic) bond motifs is 2. The Balaban J connectivity index is 1.57. The highest BCUT2D eigenvalue weighted by atomic mass is 16.1. The van der Waals surface area contributed by atoms with Crippen molar-refractivity contribution < 1.29 is 0 Å². The van der Waals surface area contributed by atoms with Crippen LogP contribution in [0.4, 0.5) is 0 Å². The molecule has 0 aliphatic rings. The van der Waals surface area contributed by atoms with E-state index in [2.05, 4.69) is 29.6 Å². The Morgan fingerprint density at radius 1 is 0.857 bits per heavy atom. The molecule has 2 aromatic heterocycles. The molecule has 0 amide bonds. The van der Waals surface area contributed by atoms with Gasteiger partial charge in [-0.2, -0.15) is 0 Å². The van der Waals surface area contributed by atoms with Gasteiger partial charge in [0.05, 0.1) is 35.2 Å². The zero-order valence-corrected chi connectivity index (χ0v) is 20.0. The second-order valence-electron chi connectivity index (χ2n) is 9.03. The quantitative estimate of drug-likeness (QED) is 0.271. The molecule has 178 valence electrons. The van der Waals surface area contributed by atoms with Gasteiger partial charge in [-0.3, -0.25) is 14.5 Å². The van der Waals surface area contributed by atoms with E-state index in [1.54, 1.807) is 4.57 Å². The molecule has 0 spiro atoms. The lowest BCUT2D eigenvalue weighted by Crippen LogP contribution is -2.27. The topological polar surface area (TPSA) is 97.9 Å². The van der Waals surface area contributed by atoms with Gasteiger partial charge in [0.2, 0.25) is 0 Å². The number of amidine groups is 1. The van der Waals surface area contributed by atoms with Gasteiger partial charge in [-0.05, 0) is 43.9 Å². The molecule has 0 saturated carbocycles. The highest BCUT2D eigenvalue weighted by molar-refractivity contribution is 5.94. The molecule has 0 aliphatic heterocycles. The van der Waals surface area contributed by atoms with E-state index in [1.165, 1.54) is 0 Å². The molecule has 0 aliphatic carbocycles. The van der Waals surface area contributed by atoms with E-state index >= 15 is 0 Å². The van der Waals surface area contributed by atoms with Crippen molar-refractivity contribution in [3.05, 3.63) is 100 Å². The molecule has 2 heterocycles. The molecular weight excluding hydrogens is 438 g/mol. The molecule has 0 bridgehead atoms. The fraction of sp³-hybridized carbons (Fsp3) is 0.222. The average molecular weight is 468 g/mol. The van der Waals surface area contributed by atoms with Crippen LogP contribution in [0.15, 0.2) is 77.6 Å². The van der Waals surface area contributed by atoms with Crippen molar-refractivity contribution in [2.45, 2.75) is 19.6 Å². The van der Waals surface area contributed by atoms with Crippen molar-refractivity contribution in [3.63, 3.8) is 0 Å². The van der Waals surface area contributed by atoms with Crippen molar-refractivity contribution in [1.82, 2.24) is 23.6 Å². The average Bonchev–Trinajstić information content (AvgIpc) is 3.33. The van der Waals surface area contributed by atoms with E-state index < -0.39 is 0 Å². The van der Waals surface area contributed by atoms with Gasteiger partial charge in [0, 0.05) is 18.7 Å². The molecular formula is C27H29N7O. The van der Waals surface area contributed by atoms with Crippen LogP contribution < -0.4 is 11.4 Å². The Morgan fingerprint density at radius 2 is 1.46 bits per heavy atom. The minimum Gasteiger partial charge on any atom is -0.384 e. The predicted octanol–water partition coefficient (Wildman–Crippen LogP) is 3.09. The first-order valence-electron chi connectivity index (χ1n) is 11.6. The highest BCUT2D eigenvalue weighted by Crippen LogP contribution is 2.20. The molecule has 0 radical (unpaired) electrons. The van der Waals surface area contributed by atoms with Crippen molar-refractivity contribution in [2.24, 2.45) is 5.73 Å². The minimum atomic E-state index is -0.0759. The monoisotopic (exact) mass is 467 g/mol. The van der Waals surface area contributed by atoms with Gasteiger partial charge < -0.3 is 15.2 Å². The molecule has 35 heavy (non-hydrogen) atoms. The molecule has 3 aromatic carbocycles. The normalized spacial score (nSPS) is 11.6. The second kappa shape index (κ2) is 9.23. The van der Waals surface area contributed by atoms with Crippen LogP contribution in [0.2, 0.25) is 0 Å². The predicted molar refractivity (Wildman–Crippen MR) is 140 cm³/mol. The van der Waals surface area contributed by atoms with Crippen LogP contribution in [-0.2, 0) is 19.6 Å². The molecule has 0 fully saturated rings. The smallest absolute Gasteiger partial charge is 0.329 e. The maximum Gasteiger partial charge on any atom is 0.329 e. The molecule has 3 N–H and O–H groups in total. The summed E-state index contributed by atoms with van der Waals surface area (Å²) in [6.07, 6.45) is 0. The van der Waals surface area contributed by atoms with Crippen LogP contribution in [0.3, 0.4) is 0 Å². The Morgan fingerprint density at radius 3 is 2.09 bits per heavy atom. The van der Waals surface area contributed by atoms with Crippen molar-refractivity contribution in [2.75, 3.05) is 20.6 Å². The van der Waals surface area contributed by atoms with Crippen LogP contribution in [0.5, 0.6) is 0 Å². The van der Waals surface area contributed by atoms with Crippen LogP contribution in [-0.4, -0.2) is 50.1 Å². The van der Waals surface area contributed by atoms with Gasteiger partial charge in [-0.15, -0.1) is 0 Å². The van der Waals surface area contributed by atoms with E-state index in [4.69, 9.17) is 16.1 Å². The molecule has 8 heteroatoms. The van der Waals surface area contributed by atoms with E-state index in [1.807, 2.05) is 71.3 Å². The number of imidazole rings is 2. The summed E-state index contributed by atoms with van der Waals surface area (Å²) < 4.78 is 5.83. The summed E-state index contributed by atoms with van der Waals surface area (Å²) >= 11 is 0. The molecule has 0 atom stereocenters. The van der Waals surface area contributed by atoms with E-state index in [0.717, 1.165) is 46.5 Å². The minimum absolute atomic E-state index is 0.0301. The number of hydrogen-bond acceptors (Lipinski definition) is 4. The van der Waals surface area contributed by atoms with Crippen LogP contribution in [0.25, 0.3) is 22.1 Å². The molecule has 5 aromatic rings. The van der Waals surface area contributed by atoms with Gasteiger partial charge in [-0.25, -0.2) is 9.78 Å². The van der Waals surface area contributed by atoms with Gasteiger partial charge in [0.15, 0.2) is 0 Å². The highest BCUT2D eigenvalue weighted by Gasteiger charge is 2.17. The number of nitrogens with two attached hydrogens (primary N) is 1. The first-order chi connectivity index (χ1) is 16.9. The first kappa shape index (κ1) is 22.6. The molecule has 0 saturated heterocycles. The van der Waals surface area contributed by atoms with Gasteiger partial charge >= 0.3 is 5.69 Å². The number of nitrogens with one attached hydrogen (secondary N) is 1. The Kier molecular flexibility index (Phi) is 5.96. The van der Waals surface area contributed by atoms with E-state index in [9.17, 15) is 4.79 Å². The molecule has 5 rings (SSSR count). The fourth-order valence-electron chi connectivity index (χ4n) is 4.49. The summed E-state index contributed by atoms with van der Waals surface area (Å²) in [5.74, 6) is 0.895. The Labute approximate surface area is 203 Å². The molecule has 0 unspecified atom stereocenters. The zero-order chi connectivity index (χ0) is 24.5. The summed E-state index contributed by atoms with van der Waals surface area (Å²) in [5.41, 5.74) is 10.9. The maximum absolute atomic E-state index is 13.7. The number of likely N-dealkylation sites (N-methyl/N-ethyl adjacent to an activating group) is 1. The Hall–Kier alpha value is -4.17. The number of hydrogen-bond donors (Lipinski definition) is 2. The van der Waals surface area contributed by atoms with Crippen molar-refractivity contribution in [3.8, 4) is 0 Å². The summed E-state index contributed by atoms with van der Waals surface area (Å²) in [5, 5.41) is 7.60. The van der Waals surface area contributed by atoms with E-state index in [-0.39, 0.29) is 11.5 Å². The van der Waals surface area contributed by atoms with Gasteiger partial charge in [0.25, 0.3) is 0 Å². The lowest BCUT2D eigenvalue weighted by Gasteiger charge is -2.13. The number of para-hydroxylation sites is 4. The van der Waals surface area contributed by atoms with Gasteiger partial charge in [0.1, 0.15) is 11.7 Å². The Bertz CT molecular complexity index is 1570. The number of benzene rings is 3. The standard InChI is InChI=1S/C27H29N7O/c1-31(2)15-16-32-22-8-4-3-7-21(22)30-25(32)18-34-24-10-6-5-9-23(24)33(27(34)35)17-19-11-13-20(14-12-19)26(28)29/h3-14H,15-18H2,1-2H3,(H3,28,29). The number of aromatic nitrogens is 4. The number of nitrogen functional groups attached to an aromatic ring is 1. The third-order valence-corrected chi connectivity index (χ3v) is 6.33. The number of nitrogens with zero attached hydrogens (tertiary/aromatic N) is 5.